The summed E-state index contributed by atoms with van der Waals surface area (Å²) in [5.41, 5.74) is 0.617. The van der Waals surface area contributed by atoms with Crippen LogP contribution in [0.1, 0.15) is 51.4 Å². The average Bonchev–Trinajstić information content (AvgIpc) is 3.17. The smallest absolute Gasteiger partial charge is 0.322 e. The first kappa shape index (κ1) is 18.8. The zero-order valence-electron chi connectivity index (χ0n) is 17.2. The number of carbonyl (C=O) groups excluding carboxylic acids is 2. The van der Waals surface area contributed by atoms with Crippen LogP contribution in [0.2, 0.25) is 0 Å². The van der Waals surface area contributed by atoms with Crippen molar-refractivity contribution in [1.29, 1.82) is 0 Å². The molecule has 1 heterocycles. The quantitative estimate of drug-likeness (QED) is 0.812. The van der Waals surface area contributed by atoms with E-state index in [1.165, 1.54) is 19.3 Å². The highest BCUT2D eigenvalue weighted by molar-refractivity contribution is 5.95. The fraction of sp³-hybridized carbons (Fsp3) is 0.652. The number of likely N-dealkylation sites (tertiary alicyclic amines) is 1. The number of rotatable bonds is 4. The lowest BCUT2D eigenvalue weighted by Crippen LogP contribution is -2.62. The molecule has 156 valence electrons. The molecule has 5 aliphatic rings. The van der Waals surface area contributed by atoms with E-state index in [1.807, 2.05) is 24.3 Å². The minimum atomic E-state index is -0.377. The van der Waals surface area contributed by atoms with Crippen LogP contribution in [0.3, 0.4) is 0 Å². The van der Waals surface area contributed by atoms with Gasteiger partial charge in [-0.15, -0.1) is 0 Å². The van der Waals surface area contributed by atoms with Gasteiger partial charge in [-0.05, 0) is 81.3 Å². The summed E-state index contributed by atoms with van der Waals surface area (Å²) >= 11 is 0. The Morgan fingerprint density at radius 3 is 2.38 bits per heavy atom. The topological polar surface area (TPSA) is 70.7 Å². The third-order valence-electron chi connectivity index (χ3n) is 7.59. The average molecular weight is 398 g/mol. The molecule has 1 aromatic carbocycles. The third kappa shape index (κ3) is 3.47. The van der Waals surface area contributed by atoms with E-state index < -0.39 is 0 Å². The molecule has 0 unspecified atom stereocenters. The molecule has 6 rings (SSSR count). The van der Waals surface area contributed by atoms with Crippen LogP contribution >= 0.6 is 0 Å². The number of hydrogen-bond donors (Lipinski definition) is 2. The molecule has 3 amide bonds. The van der Waals surface area contributed by atoms with Crippen LogP contribution in [0.5, 0.6) is 5.75 Å². The van der Waals surface area contributed by atoms with Gasteiger partial charge in [-0.1, -0.05) is 12.1 Å². The van der Waals surface area contributed by atoms with Crippen molar-refractivity contribution >= 4 is 17.6 Å². The van der Waals surface area contributed by atoms with Gasteiger partial charge in [-0.25, -0.2) is 4.79 Å². The normalized spacial score (nSPS) is 34.9. The second-order valence-corrected chi connectivity index (χ2v) is 9.67. The zero-order valence-corrected chi connectivity index (χ0v) is 17.2. The van der Waals surface area contributed by atoms with E-state index >= 15 is 0 Å². The highest BCUT2D eigenvalue weighted by atomic mass is 16.5. The maximum atomic E-state index is 13.3. The number of urea groups is 1. The summed E-state index contributed by atoms with van der Waals surface area (Å²) in [6.45, 7) is 0.611. The molecule has 29 heavy (non-hydrogen) atoms. The fourth-order valence-electron chi connectivity index (χ4n) is 6.83. The van der Waals surface area contributed by atoms with Crippen molar-refractivity contribution in [2.45, 2.75) is 62.9 Å². The lowest BCUT2D eigenvalue weighted by molar-refractivity contribution is -0.130. The summed E-state index contributed by atoms with van der Waals surface area (Å²) in [7, 11) is 1.59. The van der Waals surface area contributed by atoms with Crippen molar-refractivity contribution in [2.24, 2.45) is 17.8 Å². The van der Waals surface area contributed by atoms with Gasteiger partial charge in [0.05, 0.1) is 12.8 Å². The summed E-state index contributed by atoms with van der Waals surface area (Å²) < 4.78 is 5.33. The SMILES string of the molecule is COc1ccccc1NC(=O)N1CCC[C@@H]1C(=O)NC12CC3CC(CC(C3)C1)C2. The molecule has 6 nitrogen and oxygen atoms in total. The first-order chi connectivity index (χ1) is 14.0. The lowest BCUT2D eigenvalue weighted by atomic mass is 9.53. The van der Waals surface area contributed by atoms with Crippen molar-refractivity contribution in [1.82, 2.24) is 10.2 Å². The molecule has 0 spiro atoms. The number of amides is 3. The van der Waals surface area contributed by atoms with Gasteiger partial charge in [0.25, 0.3) is 0 Å². The number of benzene rings is 1. The monoisotopic (exact) mass is 397 g/mol. The van der Waals surface area contributed by atoms with Crippen molar-refractivity contribution in [3.8, 4) is 5.75 Å². The Kier molecular flexibility index (Phi) is 4.67. The van der Waals surface area contributed by atoms with Gasteiger partial charge in [0.1, 0.15) is 11.8 Å². The fourth-order valence-corrected chi connectivity index (χ4v) is 6.83. The zero-order chi connectivity index (χ0) is 20.0. The summed E-state index contributed by atoms with van der Waals surface area (Å²) in [5, 5.41) is 6.38. The largest absolute Gasteiger partial charge is 0.495 e. The van der Waals surface area contributed by atoms with Crippen LogP contribution in [0.4, 0.5) is 10.5 Å². The van der Waals surface area contributed by atoms with Gasteiger partial charge < -0.3 is 20.3 Å². The van der Waals surface area contributed by atoms with Crippen LogP contribution in [0, 0.1) is 17.8 Å². The van der Waals surface area contributed by atoms with E-state index in [-0.39, 0.29) is 23.5 Å². The van der Waals surface area contributed by atoms with E-state index in [9.17, 15) is 9.59 Å². The summed E-state index contributed by atoms with van der Waals surface area (Å²) in [6.07, 6.45) is 9.04. The predicted octanol–water partition coefficient (Wildman–Crippen LogP) is 3.78. The Morgan fingerprint density at radius 1 is 1.07 bits per heavy atom. The van der Waals surface area contributed by atoms with E-state index in [2.05, 4.69) is 10.6 Å². The van der Waals surface area contributed by atoms with Crippen LogP contribution in [-0.4, -0.2) is 42.1 Å². The summed E-state index contributed by atoms with van der Waals surface area (Å²) in [5.74, 6) is 3.02. The van der Waals surface area contributed by atoms with Gasteiger partial charge >= 0.3 is 6.03 Å². The maximum Gasteiger partial charge on any atom is 0.322 e. The molecule has 4 bridgehead atoms. The molecular formula is C23H31N3O3. The molecule has 6 heteroatoms. The van der Waals surface area contributed by atoms with Gasteiger partial charge in [0.2, 0.25) is 5.91 Å². The van der Waals surface area contributed by atoms with Crippen LogP contribution in [0.15, 0.2) is 24.3 Å². The summed E-state index contributed by atoms with van der Waals surface area (Å²) in [4.78, 5) is 27.9. The van der Waals surface area contributed by atoms with Gasteiger partial charge in [-0.3, -0.25) is 4.79 Å². The van der Waals surface area contributed by atoms with Crippen molar-refractivity contribution < 1.29 is 14.3 Å². The molecule has 1 aromatic rings. The number of nitrogens with one attached hydrogen (secondary N) is 2. The lowest BCUT2D eigenvalue weighted by Gasteiger charge is -2.57. The Hall–Kier alpha value is -2.24. The predicted molar refractivity (Wildman–Crippen MR) is 111 cm³/mol. The highest BCUT2D eigenvalue weighted by Gasteiger charge is 2.52. The Bertz CT molecular complexity index is 773. The Labute approximate surface area is 172 Å². The number of carbonyl (C=O) groups is 2. The Balaban J connectivity index is 1.27. The van der Waals surface area contributed by atoms with Crippen LogP contribution in [-0.2, 0) is 4.79 Å². The molecule has 1 saturated heterocycles. The molecule has 4 aliphatic carbocycles. The molecule has 4 saturated carbocycles. The second kappa shape index (κ2) is 7.22. The van der Waals surface area contributed by atoms with E-state index in [4.69, 9.17) is 4.74 Å². The molecular weight excluding hydrogens is 366 g/mol. The molecule has 1 atom stereocenters. The van der Waals surface area contributed by atoms with Crippen LogP contribution in [0.25, 0.3) is 0 Å². The molecule has 0 aromatic heterocycles. The van der Waals surface area contributed by atoms with Gasteiger partial charge in [0, 0.05) is 12.1 Å². The number of anilines is 1. The van der Waals surface area contributed by atoms with E-state index in [1.54, 1.807) is 12.0 Å². The van der Waals surface area contributed by atoms with E-state index in [0.717, 1.165) is 49.9 Å². The third-order valence-corrected chi connectivity index (χ3v) is 7.59. The van der Waals surface area contributed by atoms with Crippen molar-refractivity contribution in [3.63, 3.8) is 0 Å². The maximum absolute atomic E-state index is 13.3. The molecule has 1 aliphatic heterocycles. The second-order valence-electron chi connectivity index (χ2n) is 9.67. The van der Waals surface area contributed by atoms with Crippen molar-refractivity contribution in [2.75, 3.05) is 19.0 Å². The number of hydrogen-bond acceptors (Lipinski definition) is 3. The van der Waals surface area contributed by atoms with E-state index in [0.29, 0.717) is 18.0 Å². The van der Waals surface area contributed by atoms with Crippen LogP contribution < -0.4 is 15.4 Å². The molecule has 5 fully saturated rings. The number of ether oxygens (including phenoxy) is 1. The minimum absolute atomic E-state index is 0.0147. The molecule has 2 N–H and O–H groups in total. The highest BCUT2D eigenvalue weighted by Crippen LogP contribution is 2.55. The van der Waals surface area contributed by atoms with Crippen molar-refractivity contribution in [3.05, 3.63) is 24.3 Å². The summed E-state index contributed by atoms with van der Waals surface area (Å²) in [6, 6.07) is 6.76. The first-order valence-corrected chi connectivity index (χ1v) is 11.1. The van der Waals surface area contributed by atoms with Gasteiger partial charge in [0.15, 0.2) is 0 Å². The van der Waals surface area contributed by atoms with Gasteiger partial charge in [-0.2, -0.15) is 0 Å². The molecule has 0 radical (unpaired) electrons. The Morgan fingerprint density at radius 2 is 1.72 bits per heavy atom. The number of nitrogens with zero attached hydrogens (tertiary/aromatic N) is 1. The number of para-hydroxylation sites is 2. The standard InChI is InChI=1S/C23H31N3O3/c1-29-20-7-3-2-5-18(20)24-22(28)26-8-4-6-19(26)21(27)25-23-12-15-9-16(13-23)11-17(10-15)14-23/h2-3,5,7,15-17,19H,4,6,8-14H2,1H3,(H,24,28)(H,25,27)/t15?,16?,17?,19-,23?/m1/s1. The first-order valence-electron chi connectivity index (χ1n) is 11.1. The number of methoxy groups -OCH3 is 1. The minimum Gasteiger partial charge on any atom is -0.495 e.